The summed E-state index contributed by atoms with van der Waals surface area (Å²) in [6.45, 7) is 4.33. The summed E-state index contributed by atoms with van der Waals surface area (Å²) in [5, 5.41) is 3.24. The number of hydrogen-bond acceptors (Lipinski definition) is 6. The fourth-order valence-corrected chi connectivity index (χ4v) is 5.22. The summed E-state index contributed by atoms with van der Waals surface area (Å²) in [7, 11) is 1.85. The number of piperazine rings is 1. The third-order valence-corrected chi connectivity index (χ3v) is 7.21. The zero-order valence-corrected chi connectivity index (χ0v) is 21.2. The van der Waals surface area contributed by atoms with Gasteiger partial charge in [-0.3, -0.25) is 23.8 Å². The number of carbonyl (C=O) groups excluding carboxylic acids is 2. The van der Waals surface area contributed by atoms with Crippen LogP contribution in [0.1, 0.15) is 23.0 Å². The van der Waals surface area contributed by atoms with Crippen LogP contribution in [0.2, 0.25) is 0 Å². The monoisotopic (exact) mass is 509 g/mol. The lowest BCUT2D eigenvalue weighted by molar-refractivity contribution is -0.129. The molecule has 2 amide bonds. The van der Waals surface area contributed by atoms with Crippen LogP contribution in [0.25, 0.3) is 27.7 Å². The van der Waals surface area contributed by atoms with Gasteiger partial charge in [-0.2, -0.15) is 0 Å². The molecule has 0 bridgehead atoms. The molecule has 10 nitrogen and oxygen atoms in total. The molecule has 5 aromatic rings. The molecule has 5 heterocycles. The molecule has 0 unspecified atom stereocenters. The number of imidazole rings is 1. The van der Waals surface area contributed by atoms with Gasteiger partial charge in [-0.05, 0) is 36.4 Å². The molecule has 38 heavy (non-hydrogen) atoms. The predicted molar refractivity (Wildman–Crippen MR) is 145 cm³/mol. The van der Waals surface area contributed by atoms with E-state index in [4.69, 9.17) is 4.98 Å². The number of pyridine rings is 3. The van der Waals surface area contributed by atoms with Gasteiger partial charge in [0.1, 0.15) is 17.0 Å². The van der Waals surface area contributed by atoms with Gasteiger partial charge in [-0.25, -0.2) is 4.98 Å². The Balaban J connectivity index is 1.51. The van der Waals surface area contributed by atoms with Gasteiger partial charge in [0.05, 0.1) is 28.7 Å². The zero-order chi connectivity index (χ0) is 26.4. The highest BCUT2D eigenvalue weighted by atomic mass is 16.2. The molecule has 10 heteroatoms. The predicted octanol–water partition coefficient (Wildman–Crippen LogP) is 2.33. The Hall–Kier alpha value is -4.73. The van der Waals surface area contributed by atoms with E-state index in [0.29, 0.717) is 48.6 Å². The molecule has 1 saturated heterocycles. The molecule has 1 aliphatic heterocycles. The molecule has 0 atom stereocenters. The highest BCUT2D eigenvalue weighted by molar-refractivity contribution is 6.05. The second-order valence-corrected chi connectivity index (χ2v) is 9.45. The lowest BCUT2D eigenvalue weighted by Gasteiger charge is -2.35. The second-order valence-electron chi connectivity index (χ2n) is 9.45. The molecule has 0 saturated carbocycles. The van der Waals surface area contributed by atoms with Gasteiger partial charge in [0.2, 0.25) is 11.3 Å². The maximum atomic E-state index is 13.8. The summed E-state index contributed by atoms with van der Waals surface area (Å²) >= 11 is 0. The average Bonchev–Trinajstić information content (AvgIpc) is 3.24. The highest BCUT2D eigenvalue weighted by Gasteiger charge is 2.25. The number of para-hydroxylation sites is 2. The van der Waals surface area contributed by atoms with Gasteiger partial charge in [0, 0.05) is 46.3 Å². The van der Waals surface area contributed by atoms with Crippen molar-refractivity contribution in [2.24, 2.45) is 7.05 Å². The Bertz CT molecular complexity index is 1770. The Morgan fingerprint density at radius 2 is 1.68 bits per heavy atom. The highest BCUT2D eigenvalue weighted by Crippen LogP contribution is 2.27. The summed E-state index contributed by atoms with van der Waals surface area (Å²) in [6.07, 6.45) is 1.66. The number of nitrogens with zero attached hydrogens (tertiary/aromatic N) is 6. The maximum Gasteiger partial charge on any atom is 0.259 e. The summed E-state index contributed by atoms with van der Waals surface area (Å²) < 4.78 is 3.77. The lowest BCUT2D eigenvalue weighted by Crippen LogP contribution is -2.48. The minimum Gasteiger partial charge on any atom is -0.353 e. The van der Waals surface area contributed by atoms with Crippen molar-refractivity contribution >= 4 is 45.3 Å². The normalized spacial score (nSPS) is 13.9. The molecule has 1 N–H and O–H groups in total. The van der Waals surface area contributed by atoms with Crippen LogP contribution in [-0.4, -0.2) is 61.8 Å². The molecule has 0 radical (unpaired) electrons. The molecule has 6 rings (SSSR count). The van der Waals surface area contributed by atoms with Crippen molar-refractivity contribution in [3.63, 3.8) is 0 Å². The molecule has 192 valence electrons. The molecular formula is C28H27N7O3. The first kappa shape index (κ1) is 23.7. The maximum absolute atomic E-state index is 13.8. The van der Waals surface area contributed by atoms with E-state index in [9.17, 15) is 14.4 Å². The Kier molecular flexibility index (Phi) is 5.79. The number of rotatable bonds is 4. The minimum atomic E-state index is -0.463. The van der Waals surface area contributed by atoms with E-state index in [0.717, 1.165) is 16.9 Å². The fraction of sp³-hybridized carbons (Fsp3) is 0.250. The van der Waals surface area contributed by atoms with Crippen LogP contribution in [0.5, 0.6) is 0 Å². The zero-order valence-electron chi connectivity index (χ0n) is 21.2. The third kappa shape index (κ3) is 3.85. The quantitative estimate of drug-likeness (QED) is 0.399. The Morgan fingerprint density at radius 3 is 2.39 bits per heavy atom. The minimum absolute atomic E-state index is 0.0639. The summed E-state index contributed by atoms with van der Waals surface area (Å²) in [6, 6.07) is 16.8. The smallest absolute Gasteiger partial charge is 0.259 e. The van der Waals surface area contributed by atoms with Crippen LogP contribution in [0.15, 0.2) is 65.6 Å². The van der Waals surface area contributed by atoms with E-state index in [1.165, 1.54) is 0 Å². The standard InChI is InChI=1S/C28H27N7O3/c1-18(36)33-13-15-34(16-14-33)23-11-10-20-25(37)24(27(38)30-17-19-7-5-6-12-29-19)28-32(2)21-8-3-4-9-22(21)35(28)26(20)31-23/h3-12H,13-17H2,1-2H3,(H,30,38). The number of anilines is 1. The van der Waals surface area contributed by atoms with Gasteiger partial charge in [0.15, 0.2) is 5.65 Å². The van der Waals surface area contributed by atoms with E-state index in [1.807, 2.05) is 69.4 Å². The molecular weight excluding hydrogens is 482 g/mol. The first-order valence-corrected chi connectivity index (χ1v) is 12.6. The van der Waals surface area contributed by atoms with E-state index in [1.54, 1.807) is 19.2 Å². The number of aromatic nitrogens is 4. The summed E-state index contributed by atoms with van der Waals surface area (Å²) in [5.41, 5.74) is 3.09. The van der Waals surface area contributed by atoms with Crippen LogP contribution < -0.4 is 15.6 Å². The third-order valence-electron chi connectivity index (χ3n) is 7.21. The van der Waals surface area contributed by atoms with Crippen molar-refractivity contribution in [1.29, 1.82) is 0 Å². The van der Waals surface area contributed by atoms with E-state index < -0.39 is 5.91 Å². The number of benzene rings is 1. The van der Waals surface area contributed by atoms with Crippen LogP contribution in [0, 0.1) is 0 Å². The molecule has 1 fully saturated rings. The van der Waals surface area contributed by atoms with Crippen LogP contribution in [0.3, 0.4) is 0 Å². The van der Waals surface area contributed by atoms with Gasteiger partial charge in [0.25, 0.3) is 5.91 Å². The van der Waals surface area contributed by atoms with Crippen molar-refractivity contribution in [1.82, 2.24) is 29.2 Å². The number of carbonyl (C=O) groups is 2. The van der Waals surface area contributed by atoms with Crippen molar-refractivity contribution in [3.8, 4) is 0 Å². The van der Waals surface area contributed by atoms with Gasteiger partial charge in [-0.15, -0.1) is 0 Å². The number of nitrogens with one attached hydrogen (secondary N) is 1. The topological polar surface area (TPSA) is 105 Å². The van der Waals surface area contributed by atoms with Crippen molar-refractivity contribution in [2.75, 3.05) is 31.1 Å². The SMILES string of the molecule is CC(=O)N1CCN(c2ccc3c(=O)c(C(=O)NCc4ccccn4)c4n(C)c5ccccc5n4c3n2)CC1. The summed E-state index contributed by atoms with van der Waals surface area (Å²) in [5.74, 6) is 0.332. The number of fused-ring (bicyclic) bond motifs is 5. The van der Waals surface area contributed by atoms with Gasteiger partial charge >= 0.3 is 0 Å². The molecule has 0 aliphatic carbocycles. The first-order valence-electron chi connectivity index (χ1n) is 12.6. The second kappa shape index (κ2) is 9.29. The molecule has 1 aliphatic rings. The molecule has 4 aromatic heterocycles. The van der Waals surface area contributed by atoms with Crippen LogP contribution in [-0.2, 0) is 18.4 Å². The average molecular weight is 510 g/mol. The number of amides is 2. The van der Waals surface area contributed by atoms with E-state index in [2.05, 4.69) is 15.2 Å². The Labute approximate surface area is 218 Å². The molecule has 0 spiro atoms. The number of hydrogen-bond donors (Lipinski definition) is 1. The van der Waals surface area contributed by atoms with Crippen LogP contribution >= 0.6 is 0 Å². The van der Waals surface area contributed by atoms with Crippen molar-refractivity contribution in [2.45, 2.75) is 13.5 Å². The number of aryl methyl sites for hydroxylation is 1. The fourth-order valence-electron chi connectivity index (χ4n) is 5.22. The van der Waals surface area contributed by atoms with Gasteiger partial charge in [-0.1, -0.05) is 18.2 Å². The summed E-state index contributed by atoms with van der Waals surface area (Å²) in [4.78, 5) is 52.2. The van der Waals surface area contributed by atoms with Crippen molar-refractivity contribution in [3.05, 3.63) is 82.3 Å². The largest absolute Gasteiger partial charge is 0.353 e. The first-order chi connectivity index (χ1) is 18.4. The van der Waals surface area contributed by atoms with Crippen molar-refractivity contribution < 1.29 is 9.59 Å². The van der Waals surface area contributed by atoms with E-state index >= 15 is 0 Å². The lowest BCUT2D eigenvalue weighted by atomic mass is 10.1. The molecule has 1 aromatic carbocycles. The van der Waals surface area contributed by atoms with E-state index in [-0.39, 0.29) is 23.4 Å². The van der Waals surface area contributed by atoms with Crippen LogP contribution in [0.4, 0.5) is 5.82 Å². The van der Waals surface area contributed by atoms with Gasteiger partial charge < -0.3 is 19.7 Å². The Morgan fingerprint density at radius 1 is 0.947 bits per heavy atom.